The fraction of sp³-hybridized carbons (Fsp3) is 0.316. The Balaban J connectivity index is 1.70. The zero-order valence-corrected chi connectivity index (χ0v) is 13.9. The van der Waals surface area contributed by atoms with Gasteiger partial charge in [-0.25, -0.2) is 4.79 Å². The minimum absolute atomic E-state index is 0.0447. The van der Waals surface area contributed by atoms with E-state index in [0.29, 0.717) is 13.1 Å². The molecule has 5 nitrogen and oxygen atoms in total. The van der Waals surface area contributed by atoms with Crippen molar-refractivity contribution in [2.24, 2.45) is 0 Å². The Labute approximate surface area is 142 Å². The molecule has 1 unspecified atom stereocenters. The number of rotatable bonds is 8. The summed E-state index contributed by atoms with van der Waals surface area (Å²) in [6.07, 6.45) is 0.578. The summed E-state index contributed by atoms with van der Waals surface area (Å²) in [5.41, 5.74) is 3.03. The normalized spacial score (nSPS) is 11.8. The molecule has 0 aromatic heterocycles. The lowest BCUT2D eigenvalue weighted by Crippen LogP contribution is -2.39. The molecule has 2 aromatic carbocycles. The van der Waals surface area contributed by atoms with E-state index >= 15 is 0 Å². The molecule has 0 fully saturated rings. The summed E-state index contributed by atoms with van der Waals surface area (Å²) in [7, 11) is 1.63. The molecule has 0 radical (unpaired) electrons. The van der Waals surface area contributed by atoms with Gasteiger partial charge in [0.2, 0.25) is 0 Å². The molecule has 0 spiro atoms. The fourth-order valence-electron chi connectivity index (χ4n) is 2.38. The van der Waals surface area contributed by atoms with Crippen LogP contribution < -0.4 is 10.6 Å². The standard InChI is InChI=1S/C19H24N2O3/c1-24-18(17-5-3-2-4-6-17)13-21-19(23)20-12-11-15-7-9-16(14-22)10-8-15/h2-10,18,22H,11-14H2,1H3,(H2,20,21,23). The second kappa shape index (κ2) is 9.70. The van der Waals surface area contributed by atoms with E-state index in [1.165, 1.54) is 0 Å². The van der Waals surface area contributed by atoms with Gasteiger partial charge in [0, 0.05) is 20.2 Å². The second-order valence-electron chi connectivity index (χ2n) is 5.50. The van der Waals surface area contributed by atoms with Crippen LogP contribution in [-0.2, 0) is 17.8 Å². The first-order valence-corrected chi connectivity index (χ1v) is 8.01. The lowest BCUT2D eigenvalue weighted by molar-refractivity contribution is 0.104. The highest BCUT2D eigenvalue weighted by atomic mass is 16.5. The number of nitrogens with one attached hydrogen (secondary N) is 2. The van der Waals surface area contributed by atoms with Crippen LogP contribution in [0.1, 0.15) is 22.8 Å². The van der Waals surface area contributed by atoms with E-state index in [4.69, 9.17) is 9.84 Å². The Morgan fingerprint density at radius 3 is 2.33 bits per heavy atom. The number of carbonyl (C=O) groups excluding carboxylic acids is 1. The molecule has 0 saturated carbocycles. The minimum Gasteiger partial charge on any atom is -0.392 e. The number of ether oxygens (including phenoxy) is 1. The quantitative estimate of drug-likeness (QED) is 0.697. The van der Waals surface area contributed by atoms with Crippen molar-refractivity contribution in [2.45, 2.75) is 19.1 Å². The first-order valence-electron chi connectivity index (χ1n) is 8.01. The van der Waals surface area contributed by atoms with Crippen molar-refractivity contribution in [1.29, 1.82) is 0 Å². The summed E-state index contributed by atoms with van der Waals surface area (Å²) in [6, 6.07) is 17.3. The Kier molecular flexibility index (Phi) is 7.26. The predicted octanol–water partition coefficient (Wildman–Crippen LogP) is 2.41. The smallest absolute Gasteiger partial charge is 0.314 e. The van der Waals surface area contributed by atoms with Crippen LogP contribution in [0.25, 0.3) is 0 Å². The number of methoxy groups -OCH3 is 1. The lowest BCUT2D eigenvalue weighted by Gasteiger charge is -2.16. The highest BCUT2D eigenvalue weighted by molar-refractivity contribution is 5.73. The molecular formula is C19H24N2O3. The summed E-state index contributed by atoms with van der Waals surface area (Å²) in [5, 5.41) is 14.7. The topological polar surface area (TPSA) is 70.6 Å². The maximum atomic E-state index is 11.9. The van der Waals surface area contributed by atoms with E-state index in [1.54, 1.807) is 7.11 Å². The van der Waals surface area contributed by atoms with Gasteiger partial charge in [-0.2, -0.15) is 0 Å². The summed E-state index contributed by atoms with van der Waals surface area (Å²) in [5.74, 6) is 0. The van der Waals surface area contributed by atoms with Gasteiger partial charge in [0.1, 0.15) is 0 Å². The maximum absolute atomic E-state index is 11.9. The molecule has 0 saturated heterocycles. The molecule has 0 heterocycles. The number of aliphatic hydroxyl groups is 1. The van der Waals surface area contributed by atoms with Gasteiger partial charge in [-0.15, -0.1) is 0 Å². The van der Waals surface area contributed by atoms with E-state index in [9.17, 15) is 4.79 Å². The van der Waals surface area contributed by atoms with Crippen molar-refractivity contribution in [3.05, 3.63) is 71.3 Å². The Morgan fingerprint density at radius 1 is 1.04 bits per heavy atom. The molecule has 0 aliphatic carbocycles. The molecule has 0 bridgehead atoms. The van der Waals surface area contributed by atoms with Crippen molar-refractivity contribution >= 4 is 6.03 Å². The van der Waals surface area contributed by atoms with Crippen LogP contribution in [0.5, 0.6) is 0 Å². The number of hydrogen-bond donors (Lipinski definition) is 3. The molecule has 2 rings (SSSR count). The minimum atomic E-state index is -0.208. The van der Waals surface area contributed by atoms with Crippen LogP contribution in [0.4, 0.5) is 4.79 Å². The SMILES string of the molecule is COC(CNC(=O)NCCc1ccc(CO)cc1)c1ccccc1. The van der Waals surface area contributed by atoms with Gasteiger partial charge < -0.3 is 20.5 Å². The molecular weight excluding hydrogens is 304 g/mol. The van der Waals surface area contributed by atoms with Crippen LogP contribution in [0, 0.1) is 0 Å². The molecule has 0 aliphatic heterocycles. The maximum Gasteiger partial charge on any atom is 0.314 e. The van der Waals surface area contributed by atoms with E-state index in [2.05, 4.69) is 10.6 Å². The second-order valence-corrected chi connectivity index (χ2v) is 5.50. The van der Waals surface area contributed by atoms with Crippen molar-refractivity contribution in [1.82, 2.24) is 10.6 Å². The van der Waals surface area contributed by atoms with Crippen LogP contribution in [0.15, 0.2) is 54.6 Å². The number of carbonyl (C=O) groups is 1. The van der Waals surface area contributed by atoms with Gasteiger partial charge in [-0.3, -0.25) is 0 Å². The number of benzene rings is 2. The first kappa shape index (κ1) is 18.0. The molecule has 1 atom stereocenters. The Hall–Kier alpha value is -2.37. The molecule has 2 aromatic rings. The van der Waals surface area contributed by atoms with Crippen LogP contribution in [0.2, 0.25) is 0 Å². The zero-order valence-electron chi connectivity index (χ0n) is 13.9. The summed E-state index contributed by atoms with van der Waals surface area (Å²) >= 11 is 0. The van der Waals surface area contributed by atoms with Crippen LogP contribution in [0.3, 0.4) is 0 Å². The van der Waals surface area contributed by atoms with E-state index in [0.717, 1.165) is 23.1 Å². The summed E-state index contributed by atoms with van der Waals surface area (Å²) in [6.45, 7) is 1.01. The van der Waals surface area contributed by atoms with Crippen molar-refractivity contribution in [2.75, 3.05) is 20.2 Å². The molecule has 2 amide bonds. The fourth-order valence-corrected chi connectivity index (χ4v) is 2.38. The van der Waals surface area contributed by atoms with Gasteiger partial charge >= 0.3 is 6.03 Å². The average molecular weight is 328 g/mol. The van der Waals surface area contributed by atoms with Crippen LogP contribution >= 0.6 is 0 Å². The highest BCUT2D eigenvalue weighted by Crippen LogP contribution is 2.14. The molecule has 128 valence electrons. The Bertz CT molecular complexity index is 614. The highest BCUT2D eigenvalue weighted by Gasteiger charge is 2.11. The number of urea groups is 1. The zero-order chi connectivity index (χ0) is 17.2. The third-order valence-corrected chi connectivity index (χ3v) is 3.81. The van der Waals surface area contributed by atoms with Crippen molar-refractivity contribution in [3.8, 4) is 0 Å². The van der Waals surface area contributed by atoms with Gasteiger partial charge in [-0.05, 0) is 23.1 Å². The van der Waals surface area contributed by atoms with E-state index < -0.39 is 0 Å². The third-order valence-electron chi connectivity index (χ3n) is 3.81. The third kappa shape index (κ3) is 5.68. The predicted molar refractivity (Wildman–Crippen MR) is 93.7 cm³/mol. The molecule has 0 aliphatic rings. The monoisotopic (exact) mass is 328 g/mol. The van der Waals surface area contributed by atoms with Crippen LogP contribution in [-0.4, -0.2) is 31.3 Å². The largest absolute Gasteiger partial charge is 0.392 e. The van der Waals surface area contributed by atoms with Gasteiger partial charge in [-0.1, -0.05) is 54.6 Å². The molecule has 24 heavy (non-hydrogen) atoms. The van der Waals surface area contributed by atoms with Crippen molar-refractivity contribution in [3.63, 3.8) is 0 Å². The first-order chi connectivity index (χ1) is 11.7. The summed E-state index contributed by atoms with van der Waals surface area (Å²) in [4.78, 5) is 11.9. The number of aliphatic hydroxyl groups excluding tert-OH is 1. The van der Waals surface area contributed by atoms with E-state index in [-0.39, 0.29) is 18.7 Å². The number of amides is 2. The average Bonchev–Trinajstić information content (AvgIpc) is 2.64. The number of hydrogen-bond acceptors (Lipinski definition) is 3. The Morgan fingerprint density at radius 2 is 1.71 bits per heavy atom. The molecule has 3 N–H and O–H groups in total. The van der Waals surface area contributed by atoms with Crippen molar-refractivity contribution < 1.29 is 14.6 Å². The summed E-state index contributed by atoms with van der Waals surface area (Å²) < 4.78 is 5.42. The van der Waals surface area contributed by atoms with E-state index in [1.807, 2.05) is 54.6 Å². The van der Waals surface area contributed by atoms with Gasteiger partial charge in [0.05, 0.1) is 12.7 Å². The van der Waals surface area contributed by atoms with Gasteiger partial charge in [0.25, 0.3) is 0 Å². The van der Waals surface area contributed by atoms with Gasteiger partial charge in [0.15, 0.2) is 0 Å². The molecule has 5 heteroatoms. The lowest BCUT2D eigenvalue weighted by atomic mass is 10.1.